The number of nitrogens with zero attached hydrogens (tertiary/aromatic N) is 1. The van der Waals surface area contributed by atoms with Gasteiger partial charge in [-0.15, -0.1) is 0 Å². The molecule has 1 saturated carbocycles. The van der Waals surface area contributed by atoms with E-state index in [9.17, 15) is 18.8 Å². The van der Waals surface area contributed by atoms with Gasteiger partial charge < -0.3 is 15.2 Å². The molecule has 0 aromatic heterocycles. The van der Waals surface area contributed by atoms with Crippen LogP contribution in [0.2, 0.25) is 0 Å². The van der Waals surface area contributed by atoms with Gasteiger partial charge >= 0.3 is 12.1 Å². The molecule has 0 radical (unpaired) electrons. The second kappa shape index (κ2) is 9.38. The van der Waals surface area contributed by atoms with Crippen LogP contribution in [0.15, 0.2) is 48.5 Å². The summed E-state index contributed by atoms with van der Waals surface area (Å²) in [5.74, 6) is -1.67. The van der Waals surface area contributed by atoms with E-state index in [1.807, 2.05) is 24.3 Å². The van der Waals surface area contributed by atoms with E-state index < -0.39 is 12.1 Å². The second-order valence-electron chi connectivity index (χ2n) is 8.21. The zero-order valence-corrected chi connectivity index (χ0v) is 17.5. The molecule has 1 fully saturated rings. The zero-order valence-electron chi connectivity index (χ0n) is 17.5. The monoisotopic (exact) mass is 440 g/mol. The Morgan fingerprint density at radius 1 is 1.06 bits per heavy atom. The number of carboxylic acid groups (broad SMARTS) is 1. The Labute approximate surface area is 185 Å². The van der Waals surface area contributed by atoms with Gasteiger partial charge in [0.2, 0.25) is 5.91 Å². The fourth-order valence-electron chi connectivity index (χ4n) is 4.74. The van der Waals surface area contributed by atoms with Crippen LogP contribution in [-0.4, -0.2) is 29.1 Å². The fraction of sp³-hybridized carbons (Fsp3) is 0.375. The smallest absolute Gasteiger partial charge is 0.414 e. The van der Waals surface area contributed by atoms with E-state index in [2.05, 4.69) is 5.32 Å². The van der Waals surface area contributed by atoms with Crippen molar-refractivity contribution in [3.8, 4) is 0 Å². The van der Waals surface area contributed by atoms with Crippen molar-refractivity contribution in [2.75, 3.05) is 4.90 Å². The molecule has 0 bridgehead atoms. The molecule has 32 heavy (non-hydrogen) atoms. The Hall–Kier alpha value is -3.42. The highest BCUT2D eigenvalue weighted by molar-refractivity contribution is 5.91. The van der Waals surface area contributed by atoms with E-state index in [1.54, 1.807) is 17.0 Å². The molecule has 168 valence electrons. The van der Waals surface area contributed by atoms with Crippen molar-refractivity contribution >= 4 is 23.7 Å². The first-order valence-electron chi connectivity index (χ1n) is 10.7. The lowest BCUT2D eigenvalue weighted by Crippen LogP contribution is -2.51. The standard InChI is InChI=1S/C24H25FN2O5/c25-16-10-8-15(9-11-16)14-32-24(31)27-19-6-2-1-4-17(19)23(18-5-3-7-20(18)27)26-21(28)12-13-22(29)30/h1-2,4,6,8-11,18,20,23H,3,5,7,12-14H2,(H,26,28)(H,29,30). The highest BCUT2D eigenvalue weighted by Gasteiger charge is 2.46. The minimum absolute atomic E-state index is 0.0112. The maximum absolute atomic E-state index is 13.1. The van der Waals surface area contributed by atoms with Crippen molar-refractivity contribution in [1.29, 1.82) is 0 Å². The van der Waals surface area contributed by atoms with Crippen molar-refractivity contribution in [2.45, 2.75) is 50.8 Å². The number of hydrogen-bond donors (Lipinski definition) is 2. The molecule has 7 nitrogen and oxygen atoms in total. The van der Waals surface area contributed by atoms with Crippen molar-refractivity contribution in [3.63, 3.8) is 0 Å². The van der Waals surface area contributed by atoms with Gasteiger partial charge in [-0.25, -0.2) is 9.18 Å². The average Bonchev–Trinajstić information content (AvgIpc) is 3.26. The minimum atomic E-state index is -1.02. The topological polar surface area (TPSA) is 95.9 Å². The Balaban J connectivity index is 1.55. The number of anilines is 1. The molecule has 8 heteroatoms. The van der Waals surface area contributed by atoms with Gasteiger partial charge in [0.25, 0.3) is 0 Å². The van der Waals surface area contributed by atoms with E-state index in [0.29, 0.717) is 11.3 Å². The lowest BCUT2D eigenvalue weighted by Gasteiger charge is -2.43. The van der Waals surface area contributed by atoms with E-state index >= 15 is 0 Å². The number of fused-ring (bicyclic) bond motifs is 2. The number of benzene rings is 2. The first kappa shape index (κ1) is 21.8. The van der Waals surface area contributed by atoms with E-state index in [-0.39, 0.29) is 49.2 Å². The maximum atomic E-state index is 13.1. The maximum Gasteiger partial charge on any atom is 0.414 e. The summed E-state index contributed by atoms with van der Waals surface area (Å²) in [6.45, 7) is 0.0323. The van der Waals surface area contributed by atoms with Crippen LogP contribution in [0, 0.1) is 11.7 Å². The second-order valence-corrected chi connectivity index (χ2v) is 8.21. The Morgan fingerprint density at radius 2 is 1.81 bits per heavy atom. The molecule has 0 saturated heterocycles. The number of ether oxygens (including phenoxy) is 1. The number of carbonyl (C=O) groups excluding carboxylic acids is 2. The number of aliphatic carboxylic acids is 1. The van der Waals surface area contributed by atoms with Crippen LogP contribution < -0.4 is 10.2 Å². The van der Waals surface area contributed by atoms with Gasteiger partial charge in [-0.1, -0.05) is 36.8 Å². The Morgan fingerprint density at radius 3 is 2.56 bits per heavy atom. The molecule has 2 aromatic carbocycles. The molecule has 1 aliphatic heterocycles. The first-order valence-corrected chi connectivity index (χ1v) is 10.7. The van der Waals surface area contributed by atoms with Gasteiger partial charge in [0, 0.05) is 18.4 Å². The summed E-state index contributed by atoms with van der Waals surface area (Å²) in [6.07, 6.45) is 1.74. The predicted octanol–water partition coefficient (Wildman–Crippen LogP) is 4.17. The number of carbonyl (C=O) groups is 3. The quantitative estimate of drug-likeness (QED) is 0.703. The van der Waals surface area contributed by atoms with Crippen LogP contribution in [0.1, 0.15) is 49.3 Å². The van der Waals surface area contributed by atoms with Crippen LogP contribution in [0.3, 0.4) is 0 Å². The van der Waals surface area contributed by atoms with Crippen molar-refractivity contribution < 1.29 is 28.6 Å². The van der Waals surface area contributed by atoms with Crippen LogP contribution in [-0.2, 0) is 20.9 Å². The molecule has 3 atom stereocenters. The summed E-state index contributed by atoms with van der Waals surface area (Å²) in [5.41, 5.74) is 2.19. The number of nitrogens with one attached hydrogen (secondary N) is 1. The third-order valence-electron chi connectivity index (χ3n) is 6.18. The number of hydrogen-bond acceptors (Lipinski definition) is 4. The highest BCUT2D eigenvalue weighted by atomic mass is 19.1. The lowest BCUT2D eigenvalue weighted by molar-refractivity contribution is -0.139. The summed E-state index contributed by atoms with van der Waals surface area (Å²) in [4.78, 5) is 38.0. The highest BCUT2D eigenvalue weighted by Crippen LogP contribution is 2.48. The predicted molar refractivity (Wildman–Crippen MR) is 114 cm³/mol. The van der Waals surface area contributed by atoms with Gasteiger partial charge in [-0.05, 0) is 42.2 Å². The number of carboxylic acids is 1. The third kappa shape index (κ3) is 4.59. The van der Waals surface area contributed by atoms with Crippen LogP contribution in [0.5, 0.6) is 0 Å². The molecule has 2 amide bonds. The van der Waals surface area contributed by atoms with Crippen LogP contribution in [0.4, 0.5) is 14.9 Å². The number of amides is 2. The summed E-state index contributed by atoms with van der Waals surface area (Å²) < 4.78 is 18.7. The van der Waals surface area contributed by atoms with E-state index in [1.165, 1.54) is 12.1 Å². The molecule has 4 rings (SSSR count). The zero-order chi connectivity index (χ0) is 22.7. The molecular formula is C24H25FN2O5. The average molecular weight is 440 g/mol. The van der Waals surface area contributed by atoms with Crippen LogP contribution in [0.25, 0.3) is 0 Å². The summed E-state index contributed by atoms with van der Waals surface area (Å²) in [6, 6.07) is 12.8. The summed E-state index contributed by atoms with van der Waals surface area (Å²) >= 11 is 0. The van der Waals surface area contributed by atoms with Crippen molar-refractivity contribution in [2.24, 2.45) is 5.92 Å². The fourth-order valence-corrected chi connectivity index (χ4v) is 4.74. The summed E-state index contributed by atoms with van der Waals surface area (Å²) in [7, 11) is 0. The molecule has 1 aliphatic carbocycles. The first-order chi connectivity index (χ1) is 15.4. The van der Waals surface area contributed by atoms with Gasteiger partial charge in [0.05, 0.1) is 18.2 Å². The minimum Gasteiger partial charge on any atom is -0.481 e. The van der Waals surface area contributed by atoms with Crippen molar-refractivity contribution in [3.05, 3.63) is 65.5 Å². The molecule has 2 aromatic rings. The molecule has 2 N–H and O–H groups in total. The third-order valence-corrected chi connectivity index (χ3v) is 6.18. The lowest BCUT2D eigenvalue weighted by atomic mass is 9.83. The molecule has 3 unspecified atom stereocenters. The largest absolute Gasteiger partial charge is 0.481 e. The Kier molecular flexibility index (Phi) is 6.39. The number of halogens is 1. The van der Waals surface area contributed by atoms with Gasteiger partial charge in [-0.2, -0.15) is 0 Å². The molecule has 2 aliphatic rings. The molecule has 0 spiro atoms. The van der Waals surface area contributed by atoms with Gasteiger partial charge in [0.1, 0.15) is 12.4 Å². The summed E-state index contributed by atoms with van der Waals surface area (Å²) in [5, 5.41) is 11.9. The number of rotatable bonds is 6. The van der Waals surface area contributed by atoms with E-state index in [4.69, 9.17) is 9.84 Å². The molecular weight excluding hydrogens is 415 g/mol. The van der Waals surface area contributed by atoms with Gasteiger partial charge in [-0.3, -0.25) is 14.5 Å². The SMILES string of the molecule is O=C(O)CCC(=O)NC1c2ccccc2N(C(=O)OCc2ccc(F)cc2)C2CCCC12. The molecule has 1 heterocycles. The van der Waals surface area contributed by atoms with Crippen molar-refractivity contribution in [1.82, 2.24) is 5.32 Å². The number of para-hydroxylation sites is 1. The Bertz CT molecular complexity index is 1010. The normalized spacial score (nSPS) is 21.4. The van der Waals surface area contributed by atoms with Crippen LogP contribution >= 0.6 is 0 Å². The van der Waals surface area contributed by atoms with Gasteiger partial charge in [0.15, 0.2) is 0 Å². The van der Waals surface area contributed by atoms with E-state index in [0.717, 1.165) is 24.8 Å².